The Labute approximate surface area is 165 Å². The molecule has 3 nitrogen and oxygen atoms in total. The van der Waals surface area contributed by atoms with Gasteiger partial charge in [0.25, 0.3) is 0 Å². The first-order valence-corrected chi connectivity index (χ1v) is 9.82. The average molecular weight is 467 g/mol. The quantitative estimate of drug-likeness (QED) is 0.526. The number of esters is 1. The highest BCUT2D eigenvalue weighted by molar-refractivity contribution is 9.28. The Bertz CT molecular complexity index is 805. The van der Waals surface area contributed by atoms with Crippen molar-refractivity contribution in [3.8, 4) is 5.69 Å². The molecule has 25 heavy (non-hydrogen) atoms. The zero-order chi connectivity index (χ0) is 18.2. The molecule has 0 bridgehead atoms. The second kappa shape index (κ2) is 7.12. The molecule has 0 radical (unpaired) electrons. The molecule has 1 heterocycles. The third-order valence-electron chi connectivity index (χ3n) is 5.14. The monoisotopic (exact) mass is 465 g/mol. The van der Waals surface area contributed by atoms with Crippen molar-refractivity contribution in [1.29, 1.82) is 0 Å². The van der Waals surface area contributed by atoms with Crippen LogP contribution < -0.4 is 0 Å². The molecule has 1 aliphatic carbocycles. The molecule has 0 N–H and O–H groups in total. The van der Waals surface area contributed by atoms with Crippen molar-refractivity contribution in [2.45, 2.75) is 27.4 Å². The summed E-state index contributed by atoms with van der Waals surface area (Å²) < 4.78 is 8.59. The van der Waals surface area contributed by atoms with Crippen molar-refractivity contribution in [3.63, 3.8) is 0 Å². The lowest BCUT2D eigenvalue weighted by molar-refractivity contribution is -0.147. The number of carbonyl (C=O) groups is 1. The van der Waals surface area contributed by atoms with Gasteiger partial charge in [0.2, 0.25) is 0 Å². The average Bonchev–Trinajstić information content (AvgIpc) is 2.93. The number of nitrogens with zero attached hydrogens (tertiary/aromatic N) is 1. The van der Waals surface area contributed by atoms with Crippen molar-refractivity contribution in [2.24, 2.45) is 17.3 Å². The Morgan fingerprint density at radius 2 is 1.92 bits per heavy atom. The normalized spacial score (nSPS) is 20.8. The van der Waals surface area contributed by atoms with E-state index in [-0.39, 0.29) is 23.2 Å². The molecule has 2 atom stereocenters. The van der Waals surface area contributed by atoms with Crippen LogP contribution in [0, 0.1) is 24.2 Å². The van der Waals surface area contributed by atoms with Crippen LogP contribution in [0.2, 0.25) is 0 Å². The summed E-state index contributed by atoms with van der Waals surface area (Å²) in [4.78, 5) is 12.5. The maximum Gasteiger partial charge on any atom is 0.310 e. The molecule has 1 fully saturated rings. The van der Waals surface area contributed by atoms with Gasteiger partial charge in [0.05, 0.1) is 9.31 Å². The predicted octanol–water partition coefficient (Wildman–Crippen LogP) is 5.73. The van der Waals surface area contributed by atoms with Crippen molar-refractivity contribution in [1.82, 2.24) is 4.57 Å². The van der Waals surface area contributed by atoms with E-state index in [4.69, 9.17) is 4.74 Å². The van der Waals surface area contributed by atoms with E-state index in [1.807, 2.05) is 42.7 Å². The summed E-state index contributed by atoms with van der Waals surface area (Å²) in [7, 11) is 0. The van der Waals surface area contributed by atoms with Crippen molar-refractivity contribution < 1.29 is 9.53 Å². The maximum atomic E-state index is 12.5. The fourth-order valence-corrected chi connectivity index (χ4v) is 3.98. The van der Waals surface area contributed by atoms with Gasteiger partial charge in [-0.05, 0) is 79.4 Å². The molecule has 1 aliphatic rings. The molecule has 3 rings (SSSR count). The Balaban J connectivity index is 1.70. The number of allylic oxidation sites excluding steroid dienone is 1. The first-order valence-electron chi connectivity index (χ1n) is 8.23. The summed E-state index contributed by atoms with van der Waals surface area (Å²) in [5.74, 6) is -0.0233. The topological polar surface area (TPSA) is 31.2 Å². The van der Waals surface area contributed by atoms with Crippen LogP contribution in [-0.4, -0.2) is 10.5 Å². The van der Waals surface area contributed by atoms with Gasteiger partial charge < -0.3 is 9.30 Å². The van der Waals surface area contributed by atoms with Crippen LogP contribution in [0.15, 0.2) is 52.2 Å². The van der Waals surface area contributed by atoms with E-state index < -0.39 is 0 Å². The molecule has 2 unspecified atom stereocenters. The lowest BCUT2D eigenvalue weighted by Crippen LogP contribution is -2.11. The smallest absolute Gasteiger partial charge is 0.310 e. The van der Waals surface area contributed by atoms with E-state index in [0.717, 1.165) is 20.2 Å². The Kier molecular flexibility index (Phi) is 5.26. The number of hydrogen-bond acceptors (Lipinski definition) is 2. The minimum Gasteiger partial charge on any atom is -0.461 e. The predicted molar refractivity (Wildman–Crippen MR) is 107 cm³/mol. The van der Waals surface area contributed by atoms with E-state index in [2.05, 4.69) is 63.3 Å². The molecule has 0 amide bonds. The van der Waals surface area contributed by atoms with Crippen molar-refractivity contribution >= 4 is 37.8 Å². The highest BCUT2D eigenvalue weighted by atomic mass is 79.9. The Morgan fingerprint density at radius 3 is 2.56 bits per heavy atom. The standard InChI is InChI=1S/C20H21Br2NO2/c1-13-14(7-6-8-16(13)23-9-4-5-10-23)12-25-19(24)18-15(11-17(21)22)20(18,2)3/h4-11,15,18H,12H2,1-3H3. The van der Waals surface area contributed by atoms with Crippen LogP contribution in [0.4, 0.5) is 0 Å². The van der Waals surface area contributed by atoms with E-state index in [0.29, 0.717) is 6.61 Å². The molecule has 1 aromatic heterocycles. The second-order valence-electron chi connectivity index (χ2n) is 7.04. The third kappa shape index (κ3) is 3.77. The Morgan fingerprint density at radius 1 is 1.24 bits per heavy atom. The highest BCUT2D eigenvalue weighted by Crippen LogP contribution is 2.60. The van der Waals surface area contributed by atoms with Crippen LogP contribution in [-0.2, 0) is 16.1 Å². The van der Waals surface area contributed by atoms with Crippen LogP contribution in [0.3, 0.4) is 0 Å². The summed E-state index contributed by atoms with van der Waals surface area (Å²) >= 11 is 6.76. The number of halogens is 2. The molecule has 1 saturated carbocycles. The second-order valence-corrected chi connectivity index (χ2v) is 9.81. The third-order valence-corrected chi connectivity index (χ3v) is 5.67. The minimum absolute atomic E-state index is 0.0636. The molecule has 0 spiro atoms. The number of hydrogen-bond donors (Lipinski definition) is 0. The molecule has 1 aromatic carbocycles. The first kappa shape index (κ1) is 18.5. The van der Waals surface area contributed by atoms with E-state index in [9.17, 15) is 4.79 Å². The van der Waals surface area contributed by atoms with Gasteiger partial charge in [-0.15, -0.1) is 0 Å². The van der Waals surface area contributed by atoms with Gasteiger partial charge in [-0.1, -0.05) is 32.1 Å². The fourth-order valence-electron chi connectivity index (χ4n) is 3.41. The van der Waals surface area contributed by atoms with Gasteiger partial charge in [-0.2, -0.15) is 0 Å². The first-order chi connectivity index (χ1) is 11.8. The number of ether oxygens (including phenoxy) is 1. The van der Waals surface area contributed by atoms with E-state index in [1.54, 1.807) is 0 Å². The van der Waals surface area contributed by atoms with Crippen molar-refractivity contribution in [2.75, 3.05) is 0 Å². The maximum absolute atomic E-state index is 12.5. The van der Waals surface area contributed by atoms with Crippen LogP contribution >= 0.6 is 31.9 Å². The number of carbonyl (C=O) groups excluding carboxylic acids is 1. The van der Waals surface area contributed by atoms with Gasteiger partial charge in [0, 0.05) is 18.1 Å². The molecule has 0 saturated heterocycles. The van der Waals surface area contributed by atoms with Gasteiger partial charge in [0.15, 0.2) is 0 Å². The summed E-state index contributed by atoms with van der Waals surface area (Å²) in [6.07, 6.45) is 6.06. The number of aromatic nitrogens is 1. The Hall–Kier alpha value is -1.33. The van der Waals surface area contributed by atoms with Gasteiger partial charge in [-0.3, -0.25) is 4.79 Å². The van der Waals surface area contributed by atoms with Crippen molar-refractivity contribution in [3.05, 3.63) is 63.3 Å². The number of rotatable bonds is 5. The molecule has 2 aromatic rings. The molecule has 132 valence electrons. The van der Waals surface area contributed by atoms with Crippen LogP contribution in [0.5, 0.6) is 0 Å². The SMILES string of the molecule is Cc1c(COC(=O)C2C(C=C(Br)Br)C2(C)C)cccc1-n1cccc1. The van der Waals surface area contributed by atoms with Crippen LogP contribution in [0.1, 0.15) is 25.0 Å². The summed E-state index contributed by atoms with van der Waals surface area (Å²) in [5, 5.41) is 0. The lowest BCUT2D eigenvalue weighted by Gasteiger charge is -2.13. The zero-order valence-electron chi connectivity index (χ0n) is 14.5. The van der Waals surface area contributed by atoms with Gasteiger partial charge in [0.1, 0.15) is 6.61 Å². The number of benzene rings is 1. The summed E-state index contributed by atoms with van der Waals surface area (Å²) in [6, 6.07) is 10.1. The molecule has 5 heteroatoms. The highest BCUT2D eigenvalue weighted by Gasteiger charge is 2.61. The van der Waals surface area contributed by atoms with E-state index in [1.165, 1.54) is 0 Å². The molecular weight excluding hydrogens is 446 g/mol. The van der Waals surface area contributed by atoms with Gasteiger partial charge >= 0.3 is 5.97 Å². The fraction of sp³-hybridized carbons (Fsp3) is 0.350. The molecule has 0 aliphatic heterocycles. The summed E-state index contributed by atoms with van der Waals surface area (Å²) in [6.45, 7) is 6.56. The lowest BCUT2D eigenvalue weighted by atomic mass is 10.1. The van der Waals surface area contributed by atoms with E-state index >= 15 is 0 Å². The zero-order valence-corrected chi connectivity index (χ0v) is 17.7. The minimum atomic E-state index is -0.127. The summed E-state index contributed by atoms with van der Waals surface area (Å²) in [5.41, 5.74) is 3.20. The largest absolute Gasteiger partial charge is 0.461 e. The van der Waals surface area contributed by atoms with Gasteiger partial charge in [-0.25, -0.2) is 0 Å². The molecular formula is C20H21Br2NO2. The van der Waals surface area contributed by atoms with Crippen LogP contribution in [0.25, 0.3) is 5.69 Å².